The van der Waals surface area contributed by atoms with E-state index < -0.39 is 0 Å². The van der Waals surface area contributed by atoms with Crippen LogP contribution in [0, 0.1) is 11.1 Å². The minimum absolute atomic E-state index is 0.200. The van der Waals surface area contributed by atoms with Crippen molar-refractivity contribution in [3.63, 3.8) is 0 Å². The quantitative estimate of drug-likeness (QED) is 0.635. The van der Waals surface area contributed by atoms with Crippen molar-refractivity contribution in [1.29, 1.82) is 0 Å². The SMILES string of the molecule is Fc1ccccc1[CH]Br. The summed E-state index contributed by atoms with van der Waals surface area (Å²) in [6, 6.07) is 6.57. The Morgan fingerprint density at radius 3 is 2.44 bits per heavy atom. The molecule has 0 nitrogen and oxygen atoms in total. The Kier molecular flexibility index (Phi) is 2.22. The van der Waals surface area contributed by atoms with Gasteiger partial charge in [-0.1, -0.05) is 34.1 Å². The first-order chi connectivity index (χ1) is 4.34. The normalized spacial score (nSPS) is 9.56. The molecule has 0 aliphatic carbocycles. The Morgan fingerprint density at radius 2 is 2.00 bits per heavy atom. The molecule has 0 unspecified atom stereocenters. The van der Waals surface area contributed by atoms with Crippen LogP contribution in [0.1, 0.15) is 5.56 Å². The van der Waals surface area contributed by atoms with E-state index in [4.69, 9.17) is 0 Å². The molecule has 0 aliphatic heterocycles. The van der Waals surface area contributed by atoms with E-state index in [1.165, 1.54) is 6.07 Å². The van der Waals surface area contributed by atoms with Gasteiger partial charge in [-0.3, -0.25) is 0 Å². The molecule has 0 N–H and O–H groups in total. The molecule has 0 amide bonds. The molecule has 0 fully saturated rings. The van der Waals surface area contributed by atoms with Gasteiger partial charge in [0.25, 0.3) is 0 Å². The molecule has 0 atom stereocenters. The van der Waals surface area contributed by atoms with Crippen LogP contribution in [0.3, 0.4) is 0 Å². The first-order valence-electron chi connectivity index (χ1n) is 2.52. The summed E-state index contributed by atoms with van der Waals surface area (Å²) < 4.78 is 12.5. The van der Waals surface area contributed by atoms with Gasteiger partial charge in [-0.25, -0.2) is 4.39 Å². The predicted octanol–water partition coefficient (Wildman–Crippen LogP) is 2.73. The van der Waals surface area contributed by atoms with Gasteiger partial charge in [0.05, 0.1) is 5.33 Å². The van der Waals surface area contributed by atoms with E-state index in [1.807, 2.05) is 0 Å². The first-order valence-corrected chi connectivity index (χ1v) is 3.44. The minimum Gasteiger partial charge on any atom is -0.207 e. The largest absolute Gasteiger partial charge is 0.207 e. The lowest BCUT2D eigenvalue weighted by atomic mass is 10.2. The molecule has 0 bridgehead atoms. The highest BCUT2D eigenvalue weighted by Gasteiger charge is 1.95. The molecule has 0 aliphatic rings. The highest BCUT2D eigenvalue weighted by molar-refractivity contribution is 9.10. The highest BCUT2D eigenvalue weighted by Crippen LogP contribution is 2.11. The lowest BCUT2D eigenvalue weighted by Gasteiger charge is -1.93. The molecule has 47 valence electrons. The Balaban J connectivity index is 3.01. The summed E-state index contributed by atoms with van der Waals surface area (Å²) in [7, 11) is 0. The average Bonchev–Trinajstić information content (AvgIpc) is 1.89. The van der Waals surface area contributed by atoms with Gasteiger partial charge in [0.15, 0.2) is 0 Å². The van der Waals surface area contributed by atoms with Crippen LogP contribution in [0.5, 0.6) is 0 Å². The maximum Gasteiger partial charge on any atom is 0.127 e. The standard InChI is InChI=1S/C7H5BrF/c8-5-6-3-1-2-4-7(6)9/h1-5H. The van der Waals surface area contributed by atoms with Gasteiger partial charge >= 0.3 is 0 Å². The van der Waals surface area contributed by atoms with E-state index in [9.17, 15) is 4.39 Å². The Labute approximate surface area is 61.8 Å². The molecule has 0 saturated heterocycles. The molecule has 2 heteroatoms. The van der Waals surface area contributed by atoms with Crippen LogP contribution in [0.25, 0.3) is 0 Å². The summed E-state index contributed by atoms with van der Waals surface area (Å²) in [5, 5.41) is 1.56. The van der Waals surface area contributed by atoms with Crippen LogP contribution in [0.4, 0.5) is 4.39 Å². The number of hydrogen-bond acceptors (Lipinski definition) is 0. The third-order valence-electron chi connectivity index (χ3n) is 1.02. The van der Waals surface area contributed by atoms with Gasteiger partial charge in [0.2, 0.25) is 0 Å². The van der Waals surface area contributed by atoms with Crippen molar-refractivity contribution in [2.24, 2.45) is 0 Å². The summed E-state index contributed by atoms with van der Waals surface area (Å²) in [6.45, 7) is 0. The van der Waals surface area contributed by atoms with Crippen molar-refractivity contribution in [2.75, 3.05) is 0 Å². The number of rotatable bonds is 1. The predicted molar refractivity (Wildman–Crippen MR) is 38.7 cm³/mol. The van der Waals surface area contributed by atoms with Crippen molar-refractivity contribution < 1.29 is 4.39 Å². The fraction of sp³-hybridized carbons (Fsp3) is 0. The van der Waals surface area contributed by atoms with Gasteiger partial charge in [-0.05, 0) is 6.07 Å². The van der Waals surface area contributed by atoms with Gasteiger partial charge < -0.3 is 0 Å². The molecule has 0 aromatic heterocycles. The van der Waals surface area contributed by atoms with Crippen molar-refractivity contribution in [2.45, 2.75) is 0 Å². The highest BCUT2D eigenvalue weighted by atomic mass is 79.9. The zero-order chi connectivity index (χ0) is 6.69. The second kappa shape index (κ2) is 2.97. The maximum absolute atomic E-state index is 12.5. The lowest BCUT2D eigenvalue weighted by molar-refractivity contribution is 0.622. The molecule has 1 rings (SSSR count). The van der Waals surface area contributed by atoms with Crippen molar-refractivity contribution >= 4 is 15.9 Å². The zero-order valence-electron chi connectivity index (χ0n) is 4.64. The molecule has 1 aromatic carbocycles. The topological polar surface area (TPSA) is 0 Å². The average molecular weight is 188 g/mol. The van der Waals surface area contributed by atoms with Crippen molar-refractivity contribution in [1.82, 2.24) is 0 Å². The summed E-state index contributed by atoms with van der Waals surface area (Å²) >= 11 is 3.04. The van der Waals surface area contributed by atoms with E-state index in [0.29, 0.717) is 5.56 Å². The number of hydrogen-bond donors (Lipinski definition) is 0. The Hall–Kier alpha value is -0.370. The molecule has 0 heterocycles. The summed E-state index contributed by atoms with van der Waals surface area (Å²) in [5.41, 5.74) is 0.581. The second-order valence-electron chi connectivity index (χ2n) is 1.63. The fourth-order valence-corrected chi connectivity index (χ4v) is 0.935. The van der Waals surface area contributed by atoms with Crippen LogP contribution in [0.15, 0.2) is 24.3 Å². The van der Waals surface area contributed by atoms with Gasteiger partial charge in [0.1, 0.15) is 5.82 Å². The van der Waals surface area contributed by atoms with Crippen LogP contribution in [-0.4, -0.2) is 0 Å². The Bertz CT molecular complexity index is 198. The van der Waals surface area contributed by atoms with Crippen molar-refractivity contribution in [3.05, 3.63) is 41.0 Å². The molecule has 1 aromatic rings. The van der Waals surface area contributed by atoms with E-state index in [1.54, 1.807) is 23.5 Å². The molecule has 0 saturated carbocycles. The lowest BCUT2D eigenvalue weighted by Crippen LogP contribution is -1.79. The fourth-order valence-electron chi connectivity index (χ4n) is 0.564. The molecule has 0 spiro atoms. The molecule has 1 radical (unpaired) electrons. The maximum atomic E-state index is 12.5. The number of benzene rings is 1. The van der Waals surface area contributed by atoms with Crippen LogP contribution < -0.4 is 0 Å². The molecular formula is C7H5BrF. The molecular weight excluding hydrogens is 183 g/mol. The summed E-state index contributed by atoms with van der Waals surface area (Å²) in [4.78, 5) is 0. The number of halogens is 2. The first kappa shape index (κ1) is 6.75. The summed E-state index contributed by atoms with van der Waals surface area (Å²) in [6.07, 6.45) is 0. The van der Waals surface area contributed by atoms with Gasteiger partial charge in [-0.2, -0.15) is 0 Å². The van der Waals surface area contributed by atoms with E-state index >= 15 is 0 Å². The van der Waals surface area contributed by atoms with Crippen LogP contribution in [0.2, 0.25) is 0 Å². The Morgan fingerprint density at radius 1 is 1.33 bits per heavy atom. The molecule has 9 heavy (non-hydrogen) atoms. The second-order valence-corrected chi connectivity index (χ2v) is 2.09. The van der Waals surface area contributed by atoms with Crippen LogP contribution in [-0.2, 0) is 0 Å². The van der Waals surface area contributed by atoms with E-state index in [2.05, 4.69) is 15.9 Å². The zero-order valence-corrected chi connectivity index (χ0v) is 6.23. The van der Waals surface area contributed by atoms with Crippen molar-refractivity contribution in [3.8, 4) is 0 Å². The van der Waals surface area contributed by atoms with Crippen LogP contribution >= 0.6 is 15.9 Å². The third-order valence-corrected chi connectivity index (χ3v) is 1.52. The monoisotopic (exact) mass is 187 g/mol. The third kappa shape index (κ3) is 1.52. The van der Waals surface area contributed by atoms with Gasteiger partial charge in [0, 0.05) is 5.56 Å². The van der Waals surface area contributed by atoms with Gasteiger partial charge in [-0.15, -0.1) is 0 Å². The van der Waals surface area contributed by atoms with E-state index in [0.717, 1.165) is 0 Å². The van der Waals surface area contributed by atoms with E-state index in [-0.39, 0.29) is 5.82 Å². The smallest absolute Gasteiger partial charge is 0.127 e. The summed E-state index contributed by atoms with van der Waals surface area (Å²) in [5.74, 6) is -0.200. The minimum atomic E-state index is -0.200.